The Bertz CT molecular complexity index is 978. The smallest absolute Gasteiger partial charge is 0.290 e. The number of rotatable bonds is 7. The van der Waals surface area contributed by atoms with E-state index in [1.54, 1.807) is 35.7 Å². The van der Waals surface area contributed by atoms with Crippen LogP contribution in [0.25, 0.3) is 0 Å². The summed E-state index contributed by atoms with van der Waals surface area (Å²) in [7, 11) is 3.06. The lowest BCUT2D eigenvalue weighted by atomic mass is 9.95. The Balaban J connectivity index is 1.79. The second-order valence-electron chi connectivity index (χ2n) is 7.18. The Labute approximate surface area is 178 Å². The number of nitrogens with zero attached hydrogens (tertiary/aromatic N) is 1. The fourth-order valence-corrected chi connectivity index (χ4v) is 4.67. The van der Waals surface area contributed by atoms with E-state index in [2.05, 4.69) is 0 Å². The first-order valence-electron chi connectivity index (χ1n) is 9.71. The summed E-state index contributed by atoms with van der Waals surface area (Å²) in [6.07, 6.45) is 1.63. The summed E-state index contributed by atoms with van der Waals surface area (Å²) in [6, 6.07) is 7.96. The molecule has 158 valence electrons. The van der Waals surface area contributed by atoms with E-state index in [-0.39, 0.29) is 17.5 Å². The van der Waals surface area contributed by atoms with Gasteiger partial charge in [-0.25, -0.2) is 0 Å². The number of ether oxygens (including phenoxy) is 3. The molecule has 2 atom stereocenters. The van der Waals surface area contributed by atoms with Gasteiger partial charge in [0.1, 0.15) is 0 Å². The highest BCUT2D eigenvalue weighted by atomic mass is 32.1. The van der Waals surface area contributed by atoms with E-state index < -0.39 is 17.7 Å². The lowest BCUT2D eigenvalue weighted by Gasteiger charge is -2.29. The van der Waals surface area contributed by atoms with Gasteiger partial charge in [0.2, 0.25) is 5.78 Å². The molecule has 1 amide bonds. The molecule has 1 saturated heterocycles. The first kappa shape index (κ1) is 20.4. The molecule has 0 bridgehead atoms. The second-order valence-corrected chi connectivity index (χ2v) is 8.13. The maximum Gasteiger partial charge on any atom is 0.290 e. The molecule has 2 aliphatic rings. The highest BCUT2D eigenvalue weighted by Crippen LogP contribution is 2.42. The van der Waals surface area contributed by atoms with Gasteiger partial charge in [0, 0.05) is 13.2 Å². The Morgan fingerprint density at radius 1 is 1.27 bits per heavy atom. The summed E-state index contributed by atoms with van der Waals surface area (Å²) in [6.45, 7) is 0.942. The number of aliphatic hydroxyl groups is 1. The molecule has 0 saturated carbocycles. The van der Waals surface area contributed by atoms with Crippen molar-refractivity contribution >= 4 is 23.0 Å². The van der Waals surface area contributed by atoms with Gasteiger partial charge in [-0.2, -0.15) is 0 Å². The molecule has 0 aliphatic carbocycles. The molecule has 30 heavy (non-hydrogen) atoms. The number of ketones is 1. The molecule has 2 aliphatic heterocycles. The maximum atomic E-state index is 13.2. The topological polar surface area (TPSA) is 85.3 Å². The van der Waals surface area contributed by atoms with Gasteiger partial charge in [0.05, 0.1) is 36.8 Å². The van der Waals surface area contributed by atoms with Gasteiger partial charge < -0.3 is 24.2 Å². The zero-order valence-electron chi connectivity index (χ0n) is 16.8. The molecule has 0 radical (unpaired) electrons. The molecule has 1 fully saturated rings. The van der Waals surface area contributed by atoms with E-state index in [1.807, 2.05) is 0 Å². The third kappa shape index (κ3) is 3.57. The van der Waals surface area contributed by atoms with Gasteiger partial charge >= 0.3 is 0 Å². The molecular weight excluding hydrogens is 406 g/mol. The predicted octanol–water partition coefficient (Wildman–Crippen LogP) is 3.52. The predicted molar refractivity (Wildman–Crippen MR) is 111 cm³/mol. The number of carbonyl (C=O) groups is 2. The van der Waals surface area contributed by atoms with Crippen LogP contribution in [0, 0.1) is 0 Å². The fourth-order valence-electron chi connectivity index (χ4n) is 3.99. The van der Waals surface area contributed by atoms with Crippen LogP contribution in [0.2, 0.25) is 0 Å². The summed E-state index contributed by atoms with van der Waals surface area (Å²) >= 11 is 1.27. The third-order valence-corrected chi connectivity index (χ3v) is 6.31. The minimum absolute atomic E-state index is 0.0765. The van der Waals surface area contributed by atoms with Crippen molar-refractivity contribution in [2.75, 3.05) is 27.4 Å². The van der Waals surface area contributed by atoms with Gasteiger partial charge in [-0.3, -0.25) is 9.59 Å². The second kappa shape index (κ2) is 8.49. The Morgan fingerprint density at radius 2 is 2.07 bits per heavy atom. The lowest BCUT2D eigenvalue weighted by molar-refractivity contribution is -0.131. The lowest BCUT2D eigenvalue weighted by Crippen LogP contribution is -2.37. The third-order valence-electron chi connectivity index (χ3n) is 5.44. The van der Waals surface area contributed by atoms with E-state index in [0.717, 1.165) is 12.8 Å². The standard InChI is InChI=1S/C22H23NO6S/c1-27-15-8-7-13(11-16(15)28-2)19-18(20(24)17-6-4-10-30-17)21(25)22(26)23(19)12-14-5-3-9-29-14/h4,6-8,10-11,14,19,25H,3,5,9,12H2,1-2H3. The SMILES string of the molecule is COc1ccc(C2C(C(=O)c3cccs3)=C(O)C(=O)N2CC2CCCO2)cc1OC. The van der Waals surface area contributed by atoms with E-state index in [1.165, 1.54) is 30.5 Å². The van der Waals surface area contributed by atoms with Crippen molar-refractivity contribution in [3.05, 3.63) is 57.5 Å². The normalized spacial score (nSPS) is 21.4. The van der Waals surface area contributed by atoms with E-state index in [0.29, 0.717) is 35.1 Å². The number of carbonyl (C=O) groups excluding carboxylic acids is 2. The molecule has 1 aromatic carbocycles. The van der Waals surface area contributed by atoms with Gasteiger partial charge in [-0.05, 0) is 42.0 Å². The molecule has 1 aromatic heterocycles. The average molecular weight is 429 g/mol. The number of benzene rings is 1. The van der Waals surface area contributed by atoms with Crippen LogP contribution >= 0.6 is 11.3 Å². The molecule has 2 aromatic rings. The summed E-state index contributed by atoms with van der Waals surface area (Å²) in [5, 5.41) is 12.5. The maximum absolute atomic E-state index is 13.2. The molecule has 4 rings (SSSR count). The molecule has 2 unspecified atom stereocenters. The van der Waals surface area contributed by atoms with Crippen LogP contribution in [0.5, 0.6) is 11.5 Å². The first-order valence-corrected chi connectivity index (χ1v) is 10.6. The highest BCUT2D eigenvalue weighted by Gasteiger charge is 2.45. The molecular formula is C22H23NO6S. The Hall–Kier alpha value is -2.84. The first-order chi connectivity index (χ1) is 14.5. The van der Waals surface area contributed by atoms with Crippen LogP contribution in [-0.4, -0.2) is 55.2 Å². The zero-order valence-corrected chi connectivity index (χ0v) is 17.6. The van der Waals surface area contributed by atoms with Gasteiger partial charge in [-0.15, -0.1) is 11.3 Å². The highest BCUT2D eigenvalue weighted by molar-refractivity contribution is 7.12. The van der Waals surface area contributed by atoms with E-state index in [4.69, 9.17) is 14.2 Å². The minimum atomic E-state index is -0.740. The van der Waals surface area contributed by atoms with E-state index in [9.17, 15) is 14.7 Å². The average Bonchev–Trinajstić information content (AvgIpc) is 3.52. The number of hydrogen-bond donors (Lipinski definition) is 1. The molecule has 7 nitrogen and oxygen atoms in total. The van der Waals surface area contributed by atoms with Gasteiger partial charge in [-0.1, -0.05) is 12.1 Å². The van der Waals surface area contributed by atoms with Crippen molar-refractivity contribution in [2.24, 2.45) is 0 Å². The number of amides is 1. The van der Waals surface area contributed by atoms with Crippen molar-refractivity contribution in [3.8, 4) is 11.5 Å². The van der Waals surface area contributed by atoms with Crippen molar-refractivity contribution < 1.29 is 28.9 Å². The number of hydrogen-bond acceptors (Lipinski definition) is 7. The van der Waals surface area contributed by atoms with Gasteiger partial charge in [0.15, 0.2) is 17.3 Å². The van der Waals surface area contributed by atoms with Crippen LogP contribution in [0.4, 0.5) is 0 Å². The van der Waals surface area contributed by atoms with Crippen molar-refractivity contribution in [2.45, 2.75) is 25.0 Å². The molecule has 0 spiro atoms. The Kier molecular flexibility index (Phi) is 5.78. The minimum Gasteiger partial charge on any atom is -0.503 e. The summed E-state index contributed by atoms with van der Waals surface area (Å²) in [5.74, 6) is -0.411. The van der Waals surface area contributed by atoms with E-state index >= 15 is 0 Å². The van der Waals surface area contributed by atoms with Crippen molar-refractivity contribution in [3.63, 3.8) is 0 Å². The summed E-state index contributed by atoms with van der Waals surface area (Å²) in [4.78, 5) is 28.2. The largest absolute Gasteiger partial charge is 0.503 e. The van der Waals surface area contributed by atoms with Crippen LogP contribution < -0.4 is 9.47 Å². The number of aliphatic hydroxyl groups excluding tert-OH is 1. The van der Waals surface area contributed by atoms with Crippen LogP contribution in [0.15, 0.2) is 47.0 Å². The number of Topliss-reactive ketones (excluding diaryl/α,β-unsaturated/α-hetero) is 1. The van der Waals surface area contributed by atoms with Crippen LogP contribution in [-0.2, 0) is 9.53 Å². The summed E-state index contributed by atoms with van der Waals surface area (Å²) in [5.41, 5.74) is 0.732. The van der Waals surface area contributed by atoms with Crippen LogP contribution in [0.3, 0.4) is 0 Å². The van der Waals surface area contributed by atoms with Crippen LogP contribution in [0.1, 0.15) is 34.1 Å². The number of methoxy groups -OCH3 is 2. The molecule has 3 heterocycles. The zero-order chi connectivity index (χ0) is 21.3. The fraction of sp³-hybridized carbons (Fsp3) is 0.364. The van der Waals surface area contributed by atoms with Crippen molar-refractivity contribution in [1.29, 1.82) is 0 Å². The monoisotopic (exact) mass is 429 g/mol. The molecule has 1 N–H and O–H groups in total. The van der Waals surface area contributed by atoms with Crippen molar-refractivity contribution in [1.82, 2.24) is 4.90 Å². The molecule has 8 heteroatoms. The summed E-state index contributed by atoms with van der Waals surface area (Å²) < 4.78 is 16.4. The Morgan fingerprint density at radius 3 is 2.70 bits per heavy atom. The quantitative estimate of drug-likeness (QED) is 0.678. The van der Waals surface area contributed by atoms with Gasteiger partial charge in [0.25, 0.3) is 5.91 Å². The number of thiophene rings is 1.